The first-order valence-electron chi connectivity index (χ1n) is 10.2. The number of amides is 1. The fraction of sp³-hybridized carbons (Fsp3) is 0.167. The normalized spacial score (nSPS) is 12.2. The van der Waals surface area contributed by atoms with Gasteiger partial charge in [0.2, 0.25) is 15.9 Å². The molecule has 9 heteroatoms. The molecule has 3 aromatic rings. The summed E-state index contributed by atoms with van der Waals surface area (Å²) in [5.41, 5.74) is 2.60. The molecule has 0 aliphatic rings. The van der Waals surface area contributed by atoms with Crippen LogP contribution in [0.4, 0.5) is 0 Å². The molecule has 0 aromatic heterocycles. The van der Waals surface area contributed by atoms with Gasteiger partial charge in [0.25, 0.3) is 0 Å². The Hall–Kier alpha value is -3.20. The minimum atomic E-state index is -4.09. The molecule has 3 rings (SSSR count). The molecule has 7 nitrogen and oxygen atoms in total. The van der Waals surface area contributed by atoms with Crippen LogP contribution in [0.1, 0.15) is 18.4 Å². The first-order valence-corrected chi connectivity index (χ1v) is 12.0. The van der Waals surface area contributed by atoms with Gasteiger partial charge in [-0.1, -0.05) is 66.2 Å². The summed E-state index contributed by atoms with van der Waals surface area (Å²) in [5.74, 6) is -1.74. The molecule has 0 heterocycles. The van der Waals surface area contributed by atoms with Crippen LogP contribution in [0, 0.1) is 0 Å². The van der Waals surface area contributed by atoms with Crippen molar-refractivity contribution in [1.29, 1.82) is 0 Å². The zero-order chi connectivity index (χ0) is 23.8. The maximum Gasteiger partial charge on any atom is 0.321 e. The monoisotopic (exact) mass is 486 g/mol. The molecule has 172 valence electrons. The Morgan fingerprint density at radius 2 is 1.48 bits per heavy atom. The van der Waals surface area contributed by atoms with Gasteiger partial charge in [0, 0.05) is 18.0 Å². The van der Waals surface area contributed by atoms with Crippen LogP contribution in [-0.2, 0) is 26.2 Å². The summed E-state index contributed by atoms with van der Waals surface area (Å²) in [4.78, 5) is 23.7. The lowest BCUT2D eigenvalue weighted by atomic mass is 10.1. The maximum atomic E-state index is 12.7. The summed E-state index contributed by atoms with van der Waals surface area (Å²) in [6.07, 6.45) is -0.344. The summed E-state index contributed by atoms with van der Waals surface area (Å²) in [6, 6.07) is 21.1. The standard InChI is InChI=1S/C24H23ClN2O5S/c25-20-10-6-17(7-11-20)16-26-23(28)15-14-22(24(29)30)27-33(31,32)21-12-8-19(9-13-21)18-4-2-1-3-5-18/h1-13,22,27H,14-16H2,(H,26,28)(H,29,30)/t22-/m0/s1. The molecule has 0 aliphatic heterocycles. The molecule has 0 radical (unpaired) electrons. The second kappa shape index (κ2) is 11.1. The Bertz CT molecular complexity index is 1200. The van der Waals surface area contributed by atoms with Crippen LogP contribution in [0.2, 0.25) is 5.02 Å². The Balaban J connectivity index is 1.58. The third kappa shape index (κ3) is 7.15. The molecule has 3 aromatic carbocycles. The number of carbonyl (C=O) groups is 2. The van der Waals surface area contributed by atoms with E-state index in [4.69, 9.17) is 11.6 Å². The molecule has 0 saturated carbocycles. The van der Waals surface area contributed by atoms with Gasteiger partial charge in [-0.2, -0.15) is 4.72 Å². The minimum Gasteiger partial charge on any atom is -0.480 e. The first kappa shape index (κ1) is 24.4. The van der Waals surface area contributed by atoms with Crippen LogP contribution < -0.4 is 10.0 Å². The van der Waals surface area contributed by atoms with E-state index < -0.39 is 22.0 Å². The first-order chi connectivity index (χ1) is 15.7. The van der Waals surface area contributed by atoms with Gasteiger partial charge in [-0.15, -0.1) is 0 Å². The Morgan fingerprint density at radius 3 is 2.09 bits per heavy atom. The number of benzene rings is 3. The fourth-order valence-electron chi connectivity index (χ4n) is 3.11. The van der Waals surface area contributed by atoms with E-state index in [0.29, 0.717) is 5.02 Å². The van der Waals surface area contributed by atoms with Gasteiger partial charge >= 0.3 is 5.97 Å². The van der Waals surface area contributed by atoms with E-state index in [0.717, 1.165) is 16.7 Å². The van der Waals surface area contributed by atoms with Crippen LogP contribution in [0.25, 0.3) is 11.1 Å². The summed E-state index contributed by atoms with van der Waals surface area (Å²) < 4.78 is 27.6. The minimum absolute atomic E-state index is 0.0550. The van der Waals surface area contributed by atoms with Crippen LogP contribution >= 0.6 is 11.6 Å². The molecule has 1 amide bonds. The number of nitrogens with one attached hydrogen (secondary N) is 2. The highest BCUT2D eigenvalue weighted by atomic mass is 35.5. The molecule has 0 saturated heterocycles. The van der Waals surface area contributed by atoms with E-state index in [1.165, 1.54) is 12.1 Å². The lowest BCUT2D eigenvalue weighted by Gasteiger charge is -2.15. The highest BCUT2D eigenvalue weighted by molar-refractivity contribution is 7.89. The highest BCUT2D eigenvalue weighted by Gasteiger charge is 2.26. The Morgan fingerprint density at radius 1 is 0.879 bits per heavy atom. The van der Waals surface area contributed by atoms with Crippen LogP contribution in [0.5, 0.6) is 0 Å². The predicted molar refractivity (Wildman–Crippen MR) is 126 cm³/mol. The lowest BCUT2D eigenvalue weighted by molar-refractivity contribution is -0.139. The molecule has 0 bridgehead atoms. The summed E-state index contributed by atoms with van der Waals surface area (Å²) in [6.45, 7) is 0.257. The second-order valence-electron chi connectivity index (χ2n) is 7.34. The number of rotatable bonds is 10. The topological polar surface area (TPSA) is 113 Å². The number of carboxylic acid groups (broad SMARTS) is 1. The smallest absolute Gasteiger partial charge is 0.321 e. The fourth-order valence-corrected chi connectivity index (χ4v) is 4.46. The predicted octanol–water partition coefficient (Wildman–Crippen LogP) is 3.84. The van der Waals surface area contributed by atoms with Crippen molar-refractivity contribution in [1.82, 2.24) is 10.0 Å². The Kier molecular flexibility index (Phi) is 8.21. The van der Waals surface area contributed by atoms with Crippen molar-refractivity contribution in [3.8, 4) is 11.1 Å². The summed E-state index contributed by atoms with van der Waals surface area (Å²) in [5, 5.41) is 12.7. The van der Waals surface area contributed by atoms with Crippen molar-refractivity contribution >= 4 is 33.5 Å². The van der Waals surface area contributed by atoms with E-state index in [1.54, 1.807) is 36.4 Å². The van der Waals surface area contributed by atoms with Crippen molar-refractivity contribution in [2.24, 2.45) is 0 Å². The maximum absolute atomic E-state index is 12.7. The zero-order valence-corrected chi connectivity index (χ0v) is 19.1. The largest absolute Gasteiger partial charge is 0.480 e. The molecule has 0 unspecified atom stereocenters. The summed E-state index contributed by atoms with van der Waals surface area (Å²) in [7, 11) is -4.09. The van der Waals surface area contributed by atoms with E-state index >= 15 is 0 Å². The number of hydrogen-bond acceptors (Lipinski definition) is 4. The van der Waals surface area contributed by atoms with E-state index in [1.807, 2.05) is 30.3 Å². The van der Waals surface area contributed by atoms with Crippen molar-refractivity contribution in [2.75, 3.05) is 0 Å². The van der Waals surface area contributed by atoms with Crippen LogP contribution in [0.3, 0.4) is 0 Å². The molecule has 0 spiro atoms. The quantitative estimate of drug-likeness (QED) is 0.403. The van der Waals surface area contributed by atoms with Crippen LogP contribution in [0.15, 0.2) is 83.8 Å². The van der Waals surface area contributed by atoms with E-state index in [2.05, 4.69) is 10.0 Å². The molecule has 1 atom stereocenters. The van der Waals surface area contributed by atoms with Gasteiger partial charge in [0.05, 0.1) is 4.90 Å². The average molecular weight is 487 g/mol. The molecule has 0 fully saturated rings. The van der Waals surface area contributed by atoms with E-state index in [-0.39, 0.29) is 30.2 Å². The molecule has 33 heavy (non-hydrogen) atoms. The van der Waals surface area contributed by atoms with Gasteiger partial charge in [-0.05, 0) is 47.4 Å². The number of carboxylic acids is 1. The molecule has 0 aliphatic carbocycles. The van der Waals surface area contributed by atoms with Gasteiger partial charge in [-0.25, -0.2) is 8.42 Å². The van der Waals surface area contributed by atoms with E-state index in [9.17, 15) is 23.1 Å². The number of carbonyl (C=O) groups excluding carboxylic acids is 1. The van der Waals surface area contributed by atoms with Gasteiger partial charge in [-0.3, -0.25) is 9.59 Å². The van der Waals surface area contributed by atoms with Crippen molar-refractivity contribution in [3.05, 3.63) is 89.4 Å². The highest BCUT2D eigenvalue weighted by Crippen LogP contribution is 2.21. The third-order valence-corrected chi connectivity index (χ3v) is 6.67. The Labute approximate surface area is 197 Å². The number of aliphatic carboxylic acids is 1. The summed E-state index contributed by atoms with van der Waals surface area (Å²) >= 11 is 5.82. The van der Waals surface area contributed by atoms with Gasteiger partial charge < -0.3 is 10.4 Å². The molecular weight excluding hydrogens is 464 g/mol. The molecule has 3 N–H and O–H groups in total. The third-order valence-electron chi connectivity index (χ3n) is 4.93. The lowest BCUT2D eigenvalue weighted by Crippen LogP contribution is -2.41. The zero-order valence-electron chi connectivity index (χ0n) is 17.6. The number of halogens is 1. The second-order valence-corrected chi connectivity index (χ2v) is 9.49. The van der Waals surface area contributed by atoms with Crippen molar-refractivity contribution in [3.63, 3.8) is 0 Å². The van der Waals surface area contributed by atoms with Crippen molar-refractivity contribution < 1.29 is 23.1 Å². The molecular formula is C24H23ClN2O5S. The van der Waals surface area contributed by atoms with Crippen LogP contribution in [-0.4, -0.2) is 31.4 Å². The van der Waals surface area contributed by atoms with Gasteiger partial charge in [0.1, 0.15) is 6.04 Å². The number of sulfonamides is 1. The average Bonchev–Trinajstić information content (AvgIpc) is 2.82. The van der Waals surface area contributed by atoms with Gasteiger partial charge in [0.15, 0.2) is 0 Å². The SMILES string of the molecule is O=C(CC[C@H](NS(=O)(=O)c1ccc(-c2ccccc2)cc1)C(=O)O)NCc1ccc(Cl)cc1. The number of hydrogen-bond donors (Lipinski definition) is 3. The van der Waals surface area contributed by atoms with Crippen molar-refractivity contribution in [2.45, 2.75) is 30.3 Å².